The van der Waals surface area contributed by atoms with Crippen molar-refractivity contribution in [2.45, 2.75) is 19.4 Å². The molecule has 4 heterocycles. The van der Waals surface area contributed by atoms with Crippen LogP contribution in [0, 0.1) is 0 Å². The minimum Gasteiger partial charge on any atom is -0.346 e. The van der Waals surface area contributed by atoms with E-state index in [0.717, 1.165) is 39.1 Å². The van der Waals surface area contributed by atoms with Crippen LogP contribution in [0.5, 0.6) is 0 Å². The summed E-state index contributed by atoms with van der Waals surface area (Å²) in [6.45, 7) is 0.605. The van der Waals surface area contributed by atoms with Gasteiger partial charge in [-0.2, -0.15) is 0 Å². The van der Waals surface area contributed by atoms with Crippen LogP contribution < -0.4 is 10.7 Å². The number of imidazole rings is 2. The highest BCUT2D eigenvalue weighted by molar-refractivity contribution is 5.88. The summed E-state index contributed by atoms with van der Waals surface area (Å²) in [5, 5.41) is 1.91. The minimum absolute atomic E-state index is 0.205. The van der Waals surface area contributed by atoms with E-state index in [-0.39, 0.29) is 5.83 Å². The molecule has 7 heteroatoms. The number of aromatic amines is 1. The fourth-order valence-electron chi connectivity index (χ4n) is 3.73. The van der Waals surface area contributed by atoms with E-state index in [4.69, 9.17) is 4.98 Å². The number of halogens is 1. The molecule has 0 unspecified atom stereocenters. The average molecular weight is 374 g/mol. The number of aliphatic imine (C=N–C) groups is 1. The molecule has 3 aromatic heterocycles. The summed E-state index contributed by atoms with van der Waals surface area (Å²) in [6, 6.07) is 2.05. The van der Waals surface area contributed by atoms with Gasteiger partial charge in [0.15, 0.2) is 0 Å². The SMILES string of the molecule is Cn1ccnc1Cn1cnc(=C2C=CC(F)=CC2)c1=C1CC=Nc2[nH]ccc21. The lowest BCUT2D eigenvalue weighted by Crippen LogP contribution is -2.35. The predicted molar refractivity (Wildman–Crippen MR) is 106 cm³/mol. The van der Waals surface area contributed by atoms with Crippen LogP contribution in [0.25, 0.3) is 11.1 Å². The van der Waals surface area contributed by atoms with Gasteiger partial charge < -0.3 is 14.1 Å². The van der Waals surface area contributed by atoms with Crippen molar-refractivity contribution < 1.29 is 4.39 Å². The van der Waals surface area contributed by atoms with Gasteiger partial charge in [-0.15, -0.1) is 0 Å². The Balaban J connectivity index is 1.79. The molecule has 3 aromatic rings. The van der Waals surface area contributed by atoms with Gasteiger partial charge in [0.2, 0.25) is 0 Å². The molecule has 0 saturated carbocycles. The van der Waals surface area contributed by atoms with Crippen LogP contribution in [0.2, 0.25) is 0 Å². The third-order valence-electron chi connectivity index (χ3n) is 5.19. The molecule has 0 atom stereocenters. The van der Waals surface area contributed by atoms with Crippen molar-refractivity contribution in [3.63, 3.8) is 0 Å². The maximum absolute atomic E-state index is 13.5. The lowest BCUT2D eigenvalue weighted by molar-refractivity contribution is 0.661. The number of fused-ring (bicyclic) bond motifs is 1. The van der Waals surface area contributed by atoms with E-state index in [0.29, 0.717) is 19.4 Å². The van der Waals surface area contributed by atoms with Crippen LogP contribution >= 0.6 is 0 Å². The molecular weight excluding hydrogens is 355 g/mol. The van der Waals surface area contributed by atoms with Gasteiger partial charge in [0.25, 0.3) is 0 Å². The molecule has 2 aliphatic rings. The predicted octanol–water partition coefficient (Wildman–Crippen LogP) is 2.26. The number of H-pyrrole nitrogens is 1. The first-order valence-electron chi connectivity index (χ1n) is 9.18. The molecule has 1 N–H and O–H groups in total. The zero-order valence-electron chi connectivity index (χ0n) is 15.4. The molecule has 6 nitrogen and oxygen atoms in total. The normalized spacial score (nSPS) is 19.7. The second kappa shape index (κ2) is 6.60. The van der Waals surface area contributed by atoms with Crippen molar-refractivity contribution >= 4 is 23.2 Å². The van der Waals surface area contributed by atoms with Gasteiger partial charge in [-0.25, -0.2) is 19.4 Å². The summed E-state index contributed by atoms with van der Waals surface area (Å²) >= 11 is 0. The summed E-state index contributed by atoms with van der Waals surface area (Å²) in [6.07, 6.45) is 15.5. The molecule has 0 aromatic carbocycles. The standard InChI is InChI=1S/C21H19FN6/c1-27-11-10-23-18(27)12-28-13-26-19(14-2-4-15(22)5-3-14)20(28)16-6-8-24-21-17(16)7-9-25-21/h2,4-5,7-11,13,25H,3,6,12H2,1H3. The molecule has 5 rings (SSSR count). The highest BCUT2D eigenvalue weighted by Crippen LogP contribution is 2.28. The number of nitrogens with one attached hydrogen (secondary N) is 1. The first-order valence-corrected chi connectivity index (χ1v) is 9.18. The third kappa shape index (κ3) is 2.76. The molecular formula is C21H19FN6. The van der Waals surface area contributed by atoms with Gasteiger partial charge in [-0.1, -0.05) is 6.08 Å². The number of hydrogen-bond acceptors (Lipinski definition) is 3. The molecule has 0 amide bonds. The lowest BCUT2D eigenvalue weighted by Gasteiger charge is -2.12. The number of aryl methyl sites for hydroxylation is 1. The van der Waals surface area contributed by atoms with Crippen molar-refractivity contribution in [3.8, 4) is 0 Å². The van der Waals surface area contributed by atoms with Gasteiger partial charge >= 0.3 is 0 Å². The van der Waals surface area contributed by atoms with E-state index in [2.05, 4.69) is 19.5 Å². The number of aromatic nitrogens is 5. The Labute approximate surface area is 160 Å². The molecule has 0 saturated heterocycles. The van der Waals surface area contributed by atoms with Gasteiger partial charge in [0, 0.05) is 43.8 Å². The van der Waals surface area contributed by atoms with Crippen molar-refractivity contribution in [1.29, 1.82) is 0 Å². The first kappa shape index (κ1) is 16.7. The smallest absolute Gasteiger partial charge is 0.137 e. The second-order valence-electron chi connectivity index (χ2n) is 6.91. The van der Waals surface area contributed by atoms with E-state index >= 15 is 0 Å². The second-order valence-corrected chi connectivity index (χ2v) is 6.91. The molecule has 0 spiro atoms. The largest absolute Gasteiger partial charge is 0.346 e. The Kier molecular flexibility index (Phi) is 3.93. The number of rotatable bonds is 2. The van der Waals surface area contributed by atoms with Crippen molar-refractivity contribution in [2.24, 2.45) is 12.0 Å². The minimum atomic E-state index is -0.205. The first-order chi connectivity index (χ1) is 13.7. The van der Waals surface area contributed by atoms with Crippen LogP contribution in [-0.2, 0) is 13.6 Å². The average Bonchev–Trinajstić information content (AvgIpc) is 3.43. The van der Waals surface area contributed by atoms with Crippen molar-refractivity contribution in [1.82, 2.24) is 24.1 Å². The van der Waals surface area contributed by atoms with Crippen LogP contribution in [0.15, 0.2) is 60.0 Å². The lowest BCUT2D eigenvalue weighted by atomic mass is 10.0. The van der Waals surface area contributed by atoms with Crippen molar-refractivity contribution in [3.05, 3.63) is 77.1 Å². The maximum atomic E-state index is 13.5. The molecule has 140 valence electrons. The molecule has 1 aliphatic carbocycles. The summed E-state index contributed by atoms with van der Waals surface area (Å²) in [5.41, 5.74) is 3.23. The van der Waals surface area contributed by atoms with E-state index in [1.54, 1.807) is 12.3 Å². The fraction of sp³-hybridized carbons (Fsp3) is 0.190. The van der Waals surface area contributed by atoms with Gasteiger partial charge in [-0.05, 0) is 35.8 Å². The van der Waals surface area contributed by atoms with Gasteiger partial charge in [0.05, 0.1) is 23.6 Å². The quantitative estimate of drug-likeness (QED) is 0.748. The monoisotopic (exact) mass is 374 g/mol. The summed E-state index contributed by atoms with van der Waals surface area (Å²) in [7, 11) is 1.98. The van der Waals surface area contributed by atoms with E-state index in [9.17, 15) is 4.39 Å². The van der Waals surface area contributed by atoms with E-state index in [1.165, 1.54) is 6.08 Å². The van der Waals surface area contributed by atoms with Crippen LogP contribution in [0.4, 0.5) is 10.2 Å². The van der Waals surface area contributed by atoms with Crippen molar-refractivity contribution in [2.75, 3.05) is 0 Å². The Morgan fingerprint density at radius 1 is 1.21 bits per heavy atom. The van der Waals surface area contributed by atoms with E-state index < -0.39 is 0 Å². The number of nitrogens with zero attached hydrogens (tertiary/aromatic N) is 5. The van der Waals surface area contributed by atoms with Crippen LogP contribution in [-0.4, -0.2) is 30.3 Å². The van der Waals surface area contributed by atoms with Gasteiger partial charge in [-0.3, -0.25) is 0 Å². The topological polar surface area (TPSA) is 63.8 Å². The molecule has 0 bridgehead atoms. The maximum Gasteiger partial charge on any atom is 0.137 e. The Morgan fingerprint density at radius 2 is 2.14 bits per heavy atom. The zero-order chi connectivity index (χ0) is 19.1. The van der Waals surface area contributed by atoms with Gasteiger partial charge in [0.1, 0.15) is 17.5 Å². The summed E-state index contributed by atoms with van der Waals surface area (Å²) < 4.78 is 17.6. The van der Waals surface area contributed by atoms with E-state index in [1.807, 2.05) is 48.7 Å². The summed E-state index contributed by atoms with van der Waals surface area (Å²) in [4.78, 5) is 16.8. The Bertz CT molecular complexity index is 1260. The Morgan fingerprint density at radius 3 is 2.93 bits per heavy atom. The zero-order valence-corrected chi connectivity index (χ0v) is 15.4. The molecule has 28 heavy (non-hydrogen) atoms. The summed E-state index contributed by atoms with van der Waals surface area (Å²) in [5.74, 6) is 1.59. The molecule has 1 aliphatic heterocycles. The number of allylic oxidation sites excluding steroid dienone is 4. The highest BCUT2D eigenvalue weighted by atomic mass is 19.1. The van der Waals surface area contributed by atoms with Crippen LogP contribution in [0.1, 0.15) is 24.2 Å². The fourth-order valence-corrected chi connectivity index (χ4v) is 3.73. The highest BCUT2D eigenvalue weighted by Gasteiger charge is 2.17. The Hall–Kier alpha value is -3.48. The number of hydrogen-bond donors (Lipinski definition) is 1. The third-order valence-corrected chi connectivity index (χ3v) is 5.19. The molecule has 0 radical (unpaired) electrons. The molecule has 0 fully saturated rings. The van der Waals surface area contributed by atoms with Crippen LogP contribution in [0.3, 0.4) is 0 Å².